The van der Waals surface area contributed by atoms with Crippen molar-refractivity contribution >= 4 is 17.5 Å². The Morgan fingerprint density at radius 2 is 2.09 bits per heavy atom. The Bertz CT molecular complexity index is 618. The minimum Gasteiger partial charge on any atom is -0.484 e. The Hall–Kier alpha value is -1.40. The van der Waals surface area contributed by atoms with E-state index in [1.807, 2.05) is 0 Å². The summed E-state index contributed by atoms with van der Waals surface area (Å²) in [5.74, 6) is -0.738. The molecule has 0 saturated heterocycles. The smallest absolute Gasteiger partial charge is 0.258 e. The van der Waals surface area contributed by atoms with Crippen molar-refractivity contribution in [2.45, 2.75) is 49.4 Å². The maximum atomic E-state index is 14.1. The molecule has 0 radical (unpaired) electrons. The maximum absolute atomic E-state index is 14.1. The van der Waals surface area contributed by atoms with Gasteiger partial charge in [0.2, 0.25) is 0 Å². The highest BCUT2D eigenvalue weighted by Crippen LogP contribution is 2.46. The lowest BCUT2D eigenvalue weighted by atomic mass is 9.61. The molecule has 2 bridgehead atoms. The van der Waals surface area contributed by atoms with E-state index in [0.717, 1.165) is 6.07 Å². The van der Waals surface area contributed by atoms with Crippen LogP contribution in [0.2, 0.25) is 5.02 Å². The fourth-order valence-corrected chi connectivity index (χ4v) is 3.60. The van der Waals surface area contributed by atoms with Crippen LogP contribution in [0, 0.1) is 5.82 Å². The lowest BCUT2D eigenvalue weighted by Crippen LogP contribution is -2.67. The van der Waals surface area contributed by atoms with Gasteiger partial charge in [0, 0.05) is 23.6 Å². The number of hydrogen-bond donors (Lipinski definition) is 2. The van der Waals surface area contributed by atoms with Gasteiger partial charge in [-0.2, -0.15) is 0 Å². The quantitative estimate of drug-likeness (QED) is 0.882. The average Bonchev–Trinajstić information content (AvgIpc) is 2.51. The number of carbonyl (C=O) groups is 1. The molecule has 0 spiro atoms. The SMILES string of the molecule is NC12CCC(NC(=O)COc3ccc(Cl)c(F)c3)(CC1)CC2F. The van der Waals surface area contributed by atoms with E-state index >= 15 is 0 Å². The van der Waals surface area contributed by atoms with Crippen LogP contribution in [-0.2, 0) is 4.79 Å². The molecule has 1 unspecified atom stereocenters. The van der Waals surface area contributed by atoms with Gasteiger partial charge in [0.15, 0.2) is 6.61 Å². The highest BCUT2D eigenvalue weighted by Gasteiger charge is 2.53. The van der Waals surface area contributed by atoms with Crippen LogP contribution in [0.3, 0.4) is 0 Å². The average molecular weight is 345 g/mol. The molecule has 0 aromatic heterocycles. The van der Waals surface area contributed by atoms with Gasteiger partial charge in [0.1, 0.15) is 17.7 Å². The monoisotopic (exact) mass is 344 g/mol. The first-order valence-electron chi connectivity index (χ1n) is 7.64. The van der Waals surface area contributed by atoms with E-state index in [-0.39, 0.29) is 29.7 Å². The van der Waals surface area contributed by atoms with Crippen molar-refractivity contribution in [1.29, 1.82) is 0 Å². The number of rotatable bonds is 4. The summed E-state index contributed by atoms with van der Waals surface area (Å²) in [6, 6.07) is 3.97. The standard InChI is InChI=1S/C16H19ClF2N2O2/c17-11-2-1-10(7-12(11)18)23-9-14(22)21-15-3-5-16(20,6-4-15)13(19)8-15/h1-2,7,13H,3-6,8-9,20H2,(H,21,22). The summed E-state index contributed by atoms with van der Waals surface area (Å²) < 4.78 is 32.7. The molecule has 1 aromatic rings. The van der Waals surface area contributed by atoms with Crippen LogP contribution in [0.25, 0.3) is 0 Å². The normalized spacial score (nSPS) is 32.6. The molecular formula is C16H19ClF2N2O2. The second-order valence-electron chi connectivity index (χ2n) is 6.60. The predicted octanol–water partition coefficient (Wildman–Crippen LogP) is 2.73. The van der Waals surface area contributed by atoms with Crippen molar-refractivity contribution in [3.63, 3.8) is 0 Å². The number of halogens is 3. The fourth-order valence-electron chi connectivity index (χ4n) is 3.48. The van der Waals surface area contributed by atoms with Gasteiger partial charge in [0.25, 0.3) is 5.91 Å². The number of hydrogen-bond acceptors (Lipinski definition) is 3. The van der Waals surface area contributed by atoms with E-state index in [1.54, 1.807) is 0 Å². The summed E-state index contributed by atoms with van der Waals surface area (Å²) in [6.07, 6.45) is 1.62. The number of nitrogens with one attached hydrogen (secondary N) is 1. The molecule has 1 amide bonds. The zero-order valence-corrected chi connectivity index (χ0v) is 13.3. The number of nitrogens with two attached hydrogens (primary N) is 1. The van der Waals surface area contributed by atoms with Crippen LogP contribution in [0.1, 0.15) is 32.1 Å². The van der Waals surface area contributed by atoms with Crippen LogP contribution < -0.4 is 15.8 Å². The lowest BCUT2D eigenvalue weighted by Gasteiger charge is -2.53. The van der Waals surface area contributed by atoms with E-state index in [4.69, 9.17) is 22.1 Å². The molecule has 1 aromatic carbocycles. The van der Waals surface area contributed by atoms with Crippen molar-refractivity contribution in [2.75, 3.05) is 6.61 Å². The fraction of sp³-hybridized carbons (Fsp3) is 0.562. The van der Waals surface area contributed by atoms with Crippen molar-refractivity contribution in [1.82, 2.24) is 5.32 Å². The minimum atomic E-state index is -1.10. The summed E-state index contributed by atoms with van der Waals surface area (Å²) in [5.41, 5.74) is 4.76. The molecule has 1 atom stereocenters. The minimum absolute atomic E-state index is 0.00985. The van der Waals surface area contributed by atoms with Crippen LogP contribution in [0.4, 0.5) is 8.78 Å². The molecule has 126 valence electrons. The number of fused-ring (bicyclic) bond motifs is 3. The van der Waals surface area contributed by atoms with Gasteiger partial charge >= 0.3 is 0 Å². The molecular weight excluding hydrogens is 326 g/mol. The lowest BCUT2D eigenvalue weighted by molar-refractivity contribution is -0.127. The van der Waals surface area contributed by atoms with Crippen LogP contribution in [0.5, 0.6) is 5.75 Å². The number of carbonyl (C=O) groups excluding carboxylic acids is 1. The van der Waals surface area contributed by atoms with Gasteiger partial charge in [0.05, 0.1) is 5.02 Å². The number of alkyl halides is 1. The Morgan fingerprint density at radius 3 is 2.70 bits per heavy atom. The Labute approximate surface area is 138 Å². The van der Waals surface area contributed by atoms with E-state index in [9.17, 15) is 13.6 Å². The third-order valence-electron chi connectivity index (χ3n) is 5.00. The molecule has 3 saturated carbocycles. The van der Waals surface area contributed by atoms with Crippen molar-refractivity contribution in [2.24, 2.45) is 5.73 Å². The summed E-state index contributed by atoms with van der Waals surface area (Å²) >= 11 is 5.58. The molecule has 3 aliphatic carbocycles. The molecule has 3 aliphatic rings. The van der Waals surface area contributed by atoms with E-state index in [1.165, 1.54) is 12.1 Å². The first kappa shape index (κ1) is 16.5. The number of amides is 1. The third-order valence-corrected chi connectivity index (χ3v) is 5.30. The molecule has 7 heteroatoms. The zero-order valence-electron chi connectivity index (χ0n) is 12.6. The maximum Gasteiger partial charge on any atom is 0.258 e. The van der Waals surface area contributed by atoms with E-state index < -0.39 is 23.1 Å². The van der Waals surface area contributed by atoms with Gasteiger partial charge in [-0.1, -0.05) is 11.6 Å². The van der Waals surface area contributed by atoms with Crippen molar-refractivity contribution in [3.8, 4) is 5.75 Å². The molecule has 23 heavy (non-hydrogen) atoms. The summed E-state index contributed by atoms with van der Waals surface area (Å²) in [5, 5.41) is 2.87. The highest BCUT2D eigenvalue weighted by atomic mass is 35.5. The van der Waals surface area contributed by atoms with E-state index in [0.29, 0.717) is 25.7 Å². The Kier molecular flexibility index (Phi) is 4.23. The zero-order chi connectivity index (χ0) is 16.7. The van der Waals surface area contributed by atoms with Crippen LogP contribution in [-0.4, -0.2) is 29.8 Å². The van der Waals surface area contributed by atoms with Crippen LogP contribution >= 0.6 is 11.6 Å². The Morgan fingerprint density at radius 1 is 1.39 bits per heavy atom. The van der Waals surface area contributed by atoms with Crippen molar-refractivity contribution < 1.29 is 18.3 Å². The Balaban J connectivity index is 1.56. The molecule has 3 N–H and O–H groups in total. The summed E-state index contributed by atoms with van der Waals surface area (Å²) in [7, 11) is 0. The topological polar surface area (TPSA) is 64.3 Å². The van der Waals surface area contributed by atoms with Gasteiger partial charge in [-0.3, -0.25) is 4.79 Å². The van der Waals surface area contributed by atoms with Gasteiger partial charge in [-0.25, -0.2) is 8.78 Å². The van der Waals surface area contributed by atoms with Gasteiger partial charge in [-0.15, -0.1) is 0 Å². The second-order valence-corrected chi connectivity index (χ2v) is 7.01. The molecule has 4 rings (SSSR count). The highest BCUT2D eigenvalue weighted by molar-refractivity contribution is 6.30. The predicted molar refractivity (Wildman–Crippen MR) is 82.7 cm³/mol. The first-order valence-corrected chi connectivity index (χ1v) is 8.02. The number of ether oxygens (including phenoxy) is 1. The molecule has 3 fully saturated rings. The molecule has 0 heterocycles. The summed E-state index contributed by atoms with van der Waals surface area (Å²) in [4.78, 5) is 12.1. The van der Waals surface area contributed by atoms with Crippen molar-refractivity contribution in [3.05, 3.63) is 29.0 Å². The summed E-state index contributed by atoms with van der Waals surface area (Å²) in [6.45, 7) is -0.256. The molecule has 4 nitrogen and oxygen atoms in total. The first-order chi connectivity index (χ1) is 10.8. The van der Waals surface area contributed by atoms with E-state index in [2.05, 4.69) is 5.32 Å². The van der Waals surface area contributed by atoms with Crippen LogP contribution in [0.15, 0.2) is 18.2 Å². The molecule has 0 aliphatic heterocycles. The van der Waals surface area contributed by atoms with Gasteiger partial charge in [-0.05, 0) is 37.8 Å². The largest absolute Gasteiger partial charge is 0.484 e. The second kappa shape index (κ2) is 5.91. The van der Waals surface area contributed by atoms with Gasteiger partial charge < -0.3 is 15.8 Å². The number of benzene rings is 1. The third kappa shape index (κ3) is 3.28.